The monoisotopic (exact) mass is 379 g/mol. The van der Waals surface area contributed by atoms with Gasteiger partial charge in [-0.2, -0.15) is 0 Å². The van der Waals surface area contributed by atoms with Gasteiger partial charge in [-0.25, -0.2) is 0 Å². The summed E-state index contributed by atoms with van der Waals surface area (Å²) in [6.07, 6.45) is 1.77. The number of pyridine rings is 1. The molecule has 0 aromatic carbocycles. The number of rotatable bonds is 8. The largest absolute Gasteiger partial charge is 0.496 e. The van der Waals surface area contributed by atoms with E-state index in [-0.39, 0.29) is 11.7 Å². The molecule has 2 rings (SSSR count). The fourth-order valence-corrected chi connectivity index (χ4v) is 2.84. The third kappa shape index (κ3) is 4.91. The average Bonchev–Trinajstić information content (AvgIpc) is 2.79. The Kier molecular flexibility index (Phi) is 6.75. The van der Waals surface area contributed by atoms with Gasteiger partial charge in [0.1, 0.15) is 5.69 Å². The summed E-state index contributed by atoms with van der Waals surface area (Å²) < 4.78 is 13.8. The highest BCUT2D eigenvalue weighted by Crippen LogP contribution is 2.36. The summed E-state index contributed by atoms with van der Waals surface area (Å²) in [5.74, 6) is 0. The molecule has 2 heterocycles. The molecule has 1 aliphatic rings. The highest BCUT2D eigenvalue weighted by molar-refractivity contribution is 6.62. The van der Waals surface area contributed by atoms with Gasteiger partial charge in [-0.1, -0.05) is 0 Å². The molecule has 152 valence electrons. The lowest BCUT2D eigenvalue weighted by atomic mass is 9.80. The second-order valence-corrected chi connectivity index (χ2v) is 8.17. The molecule has 1 atom stereocenters. The number of nitrogens with zero attached hydrogens (tertiary/aromatic N) is 2. The van der Waals surface area contributed by atoms with Crippen molar-refractivity contribution in [1.29, 1.82) is 0 Å². The summed E-state index contributed by atoms with van der Waals surface area (Å²) in [6.45, 7) is 11.7. The van der Waals surface area contributed by atoms with Crippen LogP contribution in [0.25, 0.3) is 0 Å². The number of anilines is 1. The molecule has 1 unspecified atom stereocenters. The predicted octanol–water partition coefficient (Wildman–Crippen LogP) is 0.0982. The van der Waals surface area contributed by atoms with Crippen LogP contribution < -0.4 is 27.2 Å². The van der Waals surface area contributed by atoms with E-state index in [0.29, 0.717) is 5.69 Å². The van der Waals surface area contributed by atoms with Crippen LogP contribution >= 0.6 is 0 Å². The van der Waals surface area contributed by atoms with Crippen molar-refractivity contribution in [3.63, 3.8) is 0 Å². The van der Waals surface area contributed by atoms with Crippen LogP contribution in [0.2, 0.25) is 0 Å². The summed E-state index contributed by atoms with van der Waals surface area (Å²) in [6, 6.07) is 1.83. The van der Waals surface area contributed by atoms with E-state index in [1.165, 1.54) is 0 Å². The molecule has 0 saturated carbocycles. The van der Waals surface area contributed by atoms with Gasteiger partial charge in [0.25, 0.3) is 5.56 Å². The summed E-state index contributed by atoms with van der Waals surface area (Å²) >= 11 is 0. The molecule has 27 heavy (non-hydrogen) atoms. The number of likely N-dealkylation sites (N-methyl/N-ethyl adjacent to an activating group) is 1. The van der Waals surface area contributed by atoms with Crippen LogP contribution in [0.4, 0.5) is 5.69 Å². The number of nitrogens with one attached hydrogen (secondary N) is 3. The Morgan fingerprint density at radius 3 is 2.41 bits per heavy atom. The minimum atomic E-state index is -0.504. The molecular formula is C18H34BN5O3. The Labute approximate surface area is 162 Å². The van der Waals surface area contributed by atoms with Crippen molar-refractivity contribution < 1.29 is 9.31 Å². The fraction of sp³-hybridized carbons (Fsp3) is 0.722. The number of aromatic nitrogens is 1. The molecule has 1 aromatic heterocycles. The van der Waals surface area contributed by atoms with Crippen molar-refractivity contribution >= 4 is 18.3 Å². The van der Waals surface area contributed by atoms with E-state index >= 15 is 0 Å². The molecule has 0 radical (unpaired) electrons. The first-order valence-electron chi connectivity index (χ1n) is 9.41. The maximum Gasteiger partial charge on any atom is 0.496 e. The summed E-state index contributed by atoms with van der Waals surface area (Å²) in [7, 11) is 5.09. The molecule has 0 amide bonds. The molecule has 1 saturated heterocycles. The van der Waals surface area contributed by atoms with Crippen LogP contribution in [0, 0.1) is 0 Å². The van der Waals surface area contributed by atoms with Gasteiger partial charge in [0.15, 0.2) is 0 Å². The summed E-state index contributed by atoms with van der Waals surface area (Å²) in [5.41, 5.74) is 6.40. The number of hydrogen-bond donors (Lipinski definition) is 3. The lowest BCUT2D eigenvalue weighted by Crippen LogP contribution is -2.44. The highest BCUT2D eigenvalue weighted by Gasteiger charge is 2.51. The maximum atomic E-state index is 12.6. The van der Waals surface area contributed by atoms with Crippen LogP contribution in [-0.2, 0) is 16.4 Å². The van der Waals surface area contributed by atoms with Gasteiger partial charge in [0.05, 0.1) is 17.4 Å². The molecule has 0 aliphatic carbocycles. The molecule has 8 nitrogen and oxygen atoms in total. The Morgan fingerprint density at radius 1 is 1.26 bits per heavy atom. The van der Waals surface area contributed by atoms with Gasteiger partial charge in [-0.15, -0.1) is 0 Å². The van der Waals surface area contributed by atoms with Crippen molar-refractivity contribution in [2.45, 2.75) is 52.0 Å². The first-order chi connectivity index (χ1) is 12.5. The maximum absolute atomic E-state index is 12.6. The van der Waals surface area contributed by atoms with Crippen LogP contribution in [0.3, 0.4) is 0 Å². The second kappa shape index (κ2) is 8.32. The molecule has 1 aliphatic heterocycles. The van der Waals surface area contributed by atoms with E-state index in [0.717, 1.165) is 18.6 Å². The van der Waals surface area contributed by atoms with E-state index in [4.69, 9.17) is 9.31 Å². The zero-order valence-electron chi connectivity index (χ0n) is 17.8. The van der Waals surface area contributed by atoms with E-state index < -0.39 is 18.3 Å². The lowest BCUT2D eigenvalue weighted by molar-refractivity contribution is 0.00578. The van der Waals surface area contributed by atoms with E-state index in [1.54, 1.807) is 17.8 Å². The van der Waals surface area contributed by atoms with Crippen molar-refractivity contribution in [3.8, 4) is 0 Å². The van der Waals surface area contributed by atoms with E-state index in [1.807, 2.05) is 54.8 Å². The quantitative estimate of drug-likeness (QED) is 0.256. The zero-order chi connectivity index (χ0) is 20.4. The van der Waals surface area contributed by atoms with E-state index in [2.05, 4.69) is 21.1 Å². The first kappa shape index (κ1) is 21.9. The predicted molar refractivity (Wildman–Crippen MR) is 110 cm³/mol. The normalized spacial score (nSPS) is 19.5. The Balaban J connectivity index is 2.18. The fourth-order valence-electron chi connectivity index (χ4n) is 2.84. The topological polar surface area (TPSA) is 79.8 Å². The Morgan fingerprint density at radius 2 is 1.85 bits per heavy atom. The molecule has 1 aromatic rings. The van der Waals surface area contributed by atoms with Gasteiger partial charge in [-0.3, -0.25) is 20.5 Å². The minimum Gasteiger partial charge on any atom is -0.399 e. The van der Waals surface area contributed by atoms with Crippen LogP contribution in [0.15, 0.2) is 17.1 Å². The molecule has 0 spiro atoms. The number of hydrazine groups is 1. The van der Waals surface area contributed by atoms with Crippen LogP contribution in [0.1, 0.15) is 34.6 Å². The third-order valence-electron chi connectivity index (χ3n) is 5.52. The van der Waals surface area contributed by atoms with Gasteiger partial charge < -0.3 is 19.2 Å². The molecular weight excluding hydrogens is 345 g/mol. The SMILES string of the molecule is CNNCCN(C)C(C)Nc1cc(B2OC(C)(C)C(C)(C)O2)cn(C)c1=O. The zero-order valence-corrected chi connectivity index (χ0v) is 17.8. The van der Waals surface area contributed by atoms with Gasteiger partial charge in [-0.05, 0) is 54.8 Å². The molecule has 3 N–H and O–H groups in total. The van der Waals surface area contributed by atoms with Crippen molar-refractivity contribution in [1.82, 2.24) is 20.3 Å². The third-order valence-corrected chi connectivity index (χ3v) is 5.52. The minimum absolute atomic E-state index is 0.00935. The van der Waals surface area contributed by atoms with E-state index in [9.17, 15) is 4.79 Å². The Bertz CT molecular complexity index is 691. The average molecular weight is 379 g/mol. The standard InChI is InChI=1S/C18H34BN5O3/c1-13(23(7)10-9-21-20-6)22-15-11-14(12-24(8)16(15)25)19-26-17(2,3)18(4,5)27-19/h11-13,20-22H,9-10H2,1-8H3. The first-order valence-corrected chi connectivity index (χ1v) is 9.41. The highest BCUT2D eigenvalue weighted by atomic mass is 16.7. The summed E-state index contributed by atoms with van der Waals surface area (Å²) in [5, 5.41) is 3.32. The lowest BCUT2D eigenvalue weighted by Gasteiger charge is -2.32. The van der Waals surface area contributed by atoms with Gasteiger partial charge >= 0.3 is 7.12 Å². The number of hydrogen-bond acceptors (Lipinski definition) is 7. The smallest absolute Gasteiger partial charge is 0.399 e. The van der Waals surface area contributed by atoms with Crippen molar-refractivity contribution in [3.05, 3.63) is 22.6 Å². The number of aryl methyl sites for hydroxylation is 1. The Hall–Kier alpha value is -1.39. The molecule has 9 heteroatoms. The molecule has 1 fully saturated rings. The van der Waals surface area contributed by atoms with Gasteiger partial charge in [0, 0.05) is 31.8 Å². The van der Waals surface area contributed by atoms with Gasteiger partial charge in [0.2, 0.25) is 0 Å². The second-order valence-electron chi connectivity index (χ2n) is 8.17. The van der Waals surface area contributed by atoms with Crippen molar-refractivity contribution in [2.24, 2.45) is 7.05 Å². The van der Waals surface area contributed by atoms with Crippen LogP contribution in [0.5, 0.6) is 0 Å². The van der Waals surface area contributed by atoms with Crippen LogP contribution in [-0.4, -0.2) is 61.1 Å². The summed E-state index contributed by atoms with van der Waals surface area (Å²) in [4.78, 5) is 14.7. The molecule has 0 bridgehead atoms. The van der Waals surface area contributed by atoms with Crippen molar-refractivity contribution in [2.75, 3.05) is 32.5 Å².